The molecule has 3 aliphatic rings. The first-order chi connectivity index (χ1) is 22.7. The van der Waals surface area contributed by atoms with Crippen LogP contribution < -0.4 is 9.64 Å². The molecular weight excluding hydrogens is 678 g/mol. The summed E-state index contributed by atoms with van der Waals surface area (Å²) >= 11 is 5.50. The quantitative estimate of drug-likeness (QED) is 0.188. The van der Waals surface area contributed by atoms with Crippen LogP contribution in [0, 0.1) is 17.8 Å². The van der Waals surface area contributed by atoms with Gasteiger partial charge in [0.15, 0.2) is 0 Å². The minimum absolute atomic E-state index is 0.0614. The van der Waals surface area contributed by atoms with E-state index in [4.69, 9.17) is 4.74 Å². The number of ether oxygens (including phenoxy) is 1. The molecule has 3 unspecified atom stereocenters. The number of anilines is 1. The number of carbonyl (C=O) groups excluding carboxylic acids is 3. The SMILES string of the molecule is C=CCN(Cc1ccccc1)C(=O)C1N([C@@H](CO)[C@@H](C)CC)C(=O)[C@@H]2[C@@H](C(=O)N(CC=C)c3ccc(OCC)cc3)[C@@H]3SC12CC3Br. The molecule has 3 fully saturated rings. The van der Waals surface area contributed by atoms with Crippen LogP contribution in [0.2, 0.25) is 0 Å². The maximum atomic E-state index is 14.9. The van der Waals surface area contributed by atoms with Gasteiger partial charge in [-0.3, -0.25) is 14.4 Å². The van der Waals surface area contributed by atoms with Gasteiger partial charge in [0, 0.05) is 35.4 Å². The van der Waals surface area contributed by atoms with Crippen LogP contribution in [0.1, 0.15) is 39.2 Å². The number of fused-ring (bicyclic) bond motifs is 1. The number of amides is 3. The molecular formula is C37H46BrN3O5S. The Morgan fingerprint density at radius 3 is 2.38 bits per heavy atom. The molecule has 5 rings (SSSR count). The van der Waals surface area contributed by atoms with Gasteiger partial charge < -0.3 is 24.5 Å². The maximum Gasteiger partial charge on any atom is 0.247 e. The summed E-state index contributed by atoms with van der Waals surface area (Å²) in [6.45, 7) is 15.0. The Morgan fingerprint density at radius 2 is 1.79 bits per heavy atom. The van der Waals surface area contributed by atoms with Gasteiger partial charge in [0.25, 0.3) is 0 Å². The molecule has 8 nitrogen and oxygen atoms in total. The van der Waals surface area contributed by atoms with E-state index in [0.29, 0.717) is 37.6 Å². The number of likely N-dealkylation sites (tertiary alicyclic amines) is 1. The number of halogens is 1. The molecule has 1 N–H and O–H groups in total. The van der Waals surface area contributed by atoms with Crippen molar-refractivity contribution in [3.63, 3.8) is 0 Å². The summed E-state index contributed by atoms with van der Waals surface area (Å²) in [5.41, 5.74) is 1.66. The molecule has 252 valence electrons. The second-order valence-electron chi connectivity index (χ2n) is 12.7. The average Bonchev–Trinajstić information content (AvgIpc) is 3.67. The average molecular weight is 725 g/mol. The zero-order valence-corrected chi connectivity index (χ0v) is 29.9. The lowest BCUT2D eigenvalue weighted by molar-refractivity contribution is -0.147. The molecule has 0 aliphatic carbocycles. The van der Waals surface area contributed by atoms with E-state index in [1.54, 1.807) is 38.6 Å². The summed E-state index contributed by atoms with van der Waals surface area (Å²) in [6.07, 6.45) is 4.68. The lowest BCUT2D eigenvalue weighted by Crippen LogP contribution is -2.58. The van der Waals surface area contributed by atoms with Crippen LogP contribution in [-0.2, 0) is 20.9 Å². The van der Waals surface area contributed by atoms with Crippen molar-refractivity contribution in [2.45, 2.75) is 67.1 Å². The molecule has 0 radical (unpaired) electrons. The zero-order valence-electron chi connectivity index (χ0n) is 27.5. The van der Waals surface area contributed by atoms with Gasteiger partial charge in [-0.1, -0.05) is 78.7 Å². The second kappa shape index (κ2) is 15.0. The van der Waals surface area contributed by atoms with Crippen molar-refractivity contribution in [1.29, 1.82) is 0 Å². The van der Waals surface area contributed by atoms with Crippen LogP contribution >= 0.6 is 27.7 Å². The van der Waals surface area contributed by atoms with Crippen molar-refractivity contribution < 1.29 is 24.2 Å². The fraction of sp³-hybridized carbons (Fsp3) is 0.486. The maximum absolute atomic E-state index is 14.9. The van der Waals surface area contributed by atoms with Crippen LogP contribution in [0.3, 0.4) is 0 Å². The van der Waals surface area contributed by atoms with Crippen molar-refractivity contribution in [1.82, 2.24) is 9.80 Å². The first-order valence-electron chi connectivity index (χ1n) is 16.5. The fourth-order valence-electron chi connectivity index (χ4n) is 7.69. The minimum Gasteiger partial charge on any atom is -0.494 e. The Labute approximate surface area is 291 Å². The number of carbonyl (C=O) groups is 3. The lowest BCUT2D eigenvalue weighted by atomic mass is 9.70. The normalized spacial score (nSPS) is 27.2. The van der Waals surface area contributed by atoms with Gasteiger partial charge in [0.2, 0.25) is 17.7 Å². The van der Waals surface area contributed by atoms with E-state index in [1.807, 2.05) is 75.4 Å². The van der Waals surface area contributed by atoms with E-state index in [2.05, 4.69) is 29.1 Å². The molecule has 2 bridgehead atoms. The summed E-state index contributed by atoms with van der Waals surface area (Å²) in [5.74, 6) is -1.31. The highest BCUT2D eigenvalue weighted by atomic mass is 79.9. The Bertz CT molecular complexity index is 1460. The van der Waals surface area contributed by atoms with Crippen molar-refractivity contribution in [3.8, 4) is 5.75 Å². The van der Waals surface area contributed by atoms with Gasteiger partial charge in [0.1, 0.15) is 11.8 Å². The second-order valence-corrected chi connectivity index (χ2v) is 15.4. The topological polar surface area (TPSA) is 90.4 Å². The molecule has 3 saturated heterocycles. The Morgan fingerprint density at radius 1 is 1.11 bits per heavy atom. The highest BCUT2D eigenvalue weighted by Crippen LogP contribution is 2.68. The predicted octanol–water partition coefficient (Wildman–Crippen LogP) is 5.69. The first kappa shape index (κ1) is 35.2. The summed E-state index contributed by atoms with van der Waals surface area (Å²) in [5, 5.41) is 10.6. The number of benzene rings is 2. The summed E-state index contributed by atoms with van der Waals surface area (Å²) in [6, 6.07) is 15.7. The number of nitrogens with zero attached hydrogens (tertiary/aromatic N) is 3. The monoisotopic (exact) mass is 723 g/mol. The largest absolute Gasteiger partial charge is 0.494 e. The predicted molar refractivity (Wildman–Crippen MR) is 192 cm³/mol. The van der Waals surface area contributed by atoms with Gasteiger partial charge in [-0.15, -0.1) is 24.9 Å². The number of thioether (sulfide) groups is 1. The van der Waals surface area contributed by atoms with Crippen LogP contribution in [0.4, 0.5) is 5.69 Å². The first-order valence-corrected chi connectivity index (χ1v) is 18.3. The number of hydrogen-bond acceptors (Lipinski definition) is 6. The van der Waals surface area contributed by atoms with Gasteiger partial charge in [0.05, 0.1) is 35.8 Å². The molecule has 2 aromatic carbocycles. The van der Waals surface area contributed by atoms with Crippen molar-refractivity contribution in [2.24, 2.45) is 17.8 Å². The Kier molecular flexibility index (Phi) is 11.2. The van der Waals surface area contributed by atoms with E-state index >= 15 is 0 Å². The Balaban J connectivity index is 1.59. The third kappa shape index (κ3) is 6.41. The van der Waals surface area contributed by atoms with Crippen molar-refractivity contribution >= 4 is 51.1 Å². The third-order valence-electron chi connectivity index (χ3n) is 10.0. The highest BCUT2D eigenvalue weighted by Gasteiger charge is 2.76. The van der Waals surface area contributed by atoms with E-state index < -0.39 is 28.7 Å². The summed E-state index contributed by atoms with van der Waals surface area (Å²) < 4.78 is 4.78. The van der Waals surface area contributed by atoms with E-state index in [1.165, 1.54) is 0 Å². The summed E-state index contributed by atoms with van der Waals surface area (Å²) in [4.78, 5) is 49.6. The third-order valence-corrected chi connectivity index (χ3v) is 13.2. The summed E-state index contributed by atoms with van der Waals surface area (Å²) in [7, 11) is 0. The van der Waals surface area contributed by atoms with E-state index in [0.717, 1.165) is 12.0 Å². The van der Waals surface area contributed by atoms with Gasteiger partial charge in [-0.25, -0.2) is 0 Å². The lowest BCUT2D eigenvalue weighted by Gasteiger charge is -2.41. The molecule has 3 amide bonds. The van der Waals surface area contributed by atoms with Gasteiger partial charge in [-0.2, -0.15) is 0 Å². The molecule has 3 aliphatic heterocycles. The number of alkyl halides is 1. The minimum atomic E-state index is -0.846. The number of rotatable bonds is 15. The molecule has 0 saturated carbocycles. The van der Waals surface area contributed by atoms with Crippen molar-refractivity contribution in [2.75, 3.05) is 31.2 Å². The van der Waals surface area contributed by atoms with Gasteiger partial charge in [-0.05, 0) is 49.1 Å². The molecule has 0 aromatic heterocycles. The van der Waals surface area contributed by atoms with Crippen LogP contribution in [-0.4, -0.2) is 85.8 Å². The number of aliphatic hydroxyl groups is 1. The van der Waals surface area contributed by atoms with Crippen LogP contribution in [0.25, 0.3) is 0 Å². The Hall–Kier alpha value is -3.08. The number of hydrogen-bond donors (Lipinski definition) is 1. The molecule has 10 heteroatoms. The molecule has 8 atom stereocenters. The van der Waals surface area contributed by atoms with Crippen LogP contribution in [0.15, 0.2) is 79.9 Å². The smallest absolute Gasteiger partial charge is 0.247 e. The standard InChI is InChI=1S/C37H46BrN3O5S/c1-6-19-39(22-25-13-11-10-12-14-25)36(45)33-37-21-28(38)32(47-37)30(31(37)35(44)41(33)29(23-42)24(5)8-3)34(43)40(20-7-2)26-15-17-27(18-16-26)46-9-4/h6-7,10-18,24,28-33,42H,1-2,8-9,19-23H2,3-5H3/t24-,28?,29-,30+,31-,32+,33?,37?/m0/s1. The zero-order chi connectivity index (χ0) is 33.9. The highest BCUT2D eigenvalue weighted by molar-refractivity contribution is 9.09. The van der Waals surface area contributed by atoms with Crippen LogP contribution in [0.5, 0.6) is 5.75 Å². The molecule has 1 spiro atoms. The van der Waals surface area contributed by atoms with Crippen molar-refractivity contribution in [3.05, 3.63) is 85.5 Å². The molecule has 2 aromatic rings. The molecule has 3 heterocycles. The van der Waals surface area contributed by atoms with E-state index in [-0.39, 0.29) is 46.9 Å². The molecule has 47 heavy (non-hydrogen) atoms. The van der Waals surface area contributed by atoms with Gasteiger partial charge >= 0.3 is 0 Å². The van der Waals surface area contributed by atoms with E-state index in [9.17, 15) is 19.5 Å². The fourth-order valence-corrected chi connectivity index (χ4v) is 11.3. The number of aliphatic hydroxyl groups excluding tert-OH is 1.